The van der Waals surface area contributed by atoms with Gasteiger partial charge in [0.05, 0.1) is 12.1 Å². The van der Waals surface area contributed by atoms with Gasteiger partial charge in [-0.25, -0.2) is 0 Å². The molecule has 1 atom stereocenters. The summed E-state index contributed by atoms with van der Waals surface area (Å²) in [6.07, 6.45) is 0.837. The van der Waals surface area contributed by atoms with E-state index in [0.29, 0.717) is 0 Å². The van der Waals surface area contributed by atoms with E-state index in [1.165, 1.54) is 0 Å². The molecule has 1 aromatic rings. The quantitative estimate of drug-likeness (QED) is 0.751. The Morgan fingerprint density at radius 2 is 2.20 bits per heavy atom. The molecule has 5 nitrogen and oxygen atoms in total. The number of aromatic nitrogens is 3. The Bertz CT molecular complexity index is 358. The standard InChI is InChI=1S/C10H18N4O/c1-8-11-12-9(13(8)3)6-14-5-4-10(2,15)7-14/h15H,4-7H2,1-3H3. The maximum Gasteiger partial charge on any atom is 0.146 e. The Kier molecular flexibility index (Phi) is 2.52. The van der Waals surface area contributed by atoms with Gasteiger partial charge in [-0.3, -0.25) is 4.90 Å². The molecule has 1 saturated heterocycles. The molecule has 84 valence electrons. The van der Waals surface area contributed by atoms with Crippen LogP contribution in [0.3, 0.4) is 0 Å². The molecule has 2 heterocycles. The van der Waals surface area contributed by atoms with Crippen LogP contribution in [0.4, 0.5) is 0 Å². The molecular weight excluding hydrogens is 192 g/mol. The lowest BCUT2D eigenvalue weighted by atomic mass is 10.1. The van der Waals surface area contributed by atoms with Gasteiger partial charge in [-0.15, -0.1) is 10.2 Å². The highest BCUT2D eigenvalue weighted by molar-refractivity contribution is 4.95. The molecule has 2 rings (SSSR count). The predicted molar refractivity (Wildman–Crippen MR) is 56.3 cm³/mol. The van der Waals surface area contributed by atoms with Crippen LogP contribution in [0.1, 0.15) is 25.0 Å². The molecule has 1 aliphatic heterocycles. The molecule has 1 aliphatic rings. The van der Waals surface area contributed by atoms with Gasteiger partial charge < -0.3 is 9.67 Å². The van der Waals surface area contributed by atoms with Crippen molar-refractivity contribution in [2.45, 2.75) is 32.4 Å². The summed E-state index contributed by atoms with van der Waals surface area (Å²) < 4.78 is 1.99. The summed E-state index contributed by atoms with van der Waals surface area (Å²) in [5.74, 6) is 1.89. The minimum Gasteiger partial charge on any atom is -0.389 e. The molecule has 1 unspecified atom stereocenters. The van der Waals surface area contributed by atoms with E-state index >= 15 is 0 Å². The Hall–Kier alpha value is -0.940. The Labute approximate surface area is 89.7 Å². The van der Waals surface area contributed by atoms with Crippen molar-refractivity contribution in [1.82, 2.24) is 19.7 Å². The molecule has 0 bridgehead atoms. The lowest BCUT2D eigenvalue weighted by molar-refractivity contribution is 0.0674. The van der Waals surface area contributed by atoms with Gasteiger partial charge >= 0.3 is 0 Å². The summed E-state index contributed by atoms with van der Waals surface area (Å²) in [7, 11) is 1.97. The van der Waals surface area contributed by atoms with Crippen molar-refractivity contribution in [3.63, 3.8) is 0 Å². The zero-order valence-electron chi connectivity index (χ0n) is 9.56. The third-order valence-corrected chi connectivity index (χ3v) is 3.08. The van der Waals surface area contributed by atoms with E-state index in [1.807, 2.05) is 25.5 Å². The zero-order valence-corrected chi connectivity index (χ0v) is 9.56. The Morgan fingerprint density at radius 1 is 1.47 bits per heavy atom. The molecule has 0 saturated carbocycles. The van der Waals surface area contributed by atoms with Gasteiger partial charge in [-0.2, -0.15) is 0 Å². The lowest BCUT2D eigenvalue weighted by Crippen LogP contribution is -2.30. The van der Waals surface area contributed by atoms with Crippen LogP contribution in [0.15, 0.2) is 0 Å². The summed E-state index contributed by atoms with van der Waals surface area (Å²) >= 11 is 0. The van der Waals surface area contributed by atoms with Gasteiger partial charge in [-0.1, -0.05) is 0 Å². The second kappa shape index (κ2) is 3.57. The summed E-state index contributed by atoms with van der Waals surface area (Å²) in [5, 5.41) is 18.0. The van der Waals surface area contributed by atoms with Crippen molar-refractivity contribution < 1.29 is 5.11 Å². The first kappa shape index (κ1) is 10.6. The number of likely N-dealkylation sites (tertiary alicyclic amines) is 1. The van der Waals surface area contributed by atoms with Gasteiger partial charge in [0, 0.05) is 20.1 Å². The first-order chi connectivity index (χ1) is 6.98. The summed E-state index contributed by atoms with van der Waals surface area (Å²) in [6, 6.07) is 0. The van der Waals surface area contributed by atoms with Crippen molar-refractivity contribution in [3.05, 3.63) is 11.6 Å². The second-order valence-corrected chi connectivity index (χ2v) is 4.68. The first-order valence-corrected chi connectivity index (χ1v) is 5.27. The van der Waals surface area contributed by atoms with Crippen molar-refractivity contribution in [2.24, 2.45) is 7.05 Å². The smallest absolute Gasteiger partial charge is 0.146 e. The molecule has 15 heavy (non-hydrogen) atoms. The first-order valence-electron chi connectivity index (χ1n) is 5.27. The molecule has 0 spiro atoms. The van der Waals surface area contributed by atoms with Crippen LogP contribution in [0, 0.1) is 6.92 Å². The van der Waals surface area contributed by atoms with E-state index in [-0.39, 0.29) is 0 Å². The number of aliphatic hydroxyl groups is 1. The third-order valence-electron chi connectivity index (χ3n) is 3.08. The molecule has 1 fully saturated rings. The van der Waals surface area contributed by atoms with Crippen molar-refractivity contribution >= 4 is 0 Å². The summed E-state index contributed by atoms with van der Waals surface area (Å²) in [5.41, 5.74) is -0.534. The minimum absolute atomic E-state index is 0.534. The fourth-order valence-electron chi connectivity index (χ4n) is 1.96. The number of aryl methyl sites for hydroxylation is 1. The predicted octanol–water partition coefficient (Wildman–Crippen LogP) is 0.0802. The topological polar surface area (TPSA) is 54.2 Å². The highest BCUT2D eigenvalue weighted by Crippen LogP contribution is 2.21. The SMILES string of the molecule is Cc1nnc(CN2CCC(C)(O)C2)n1C. The van der Waals surface area contributed by atoms with E-state index in [0.717, 1.165) is 37.7 Å². The maximum atomic E-state index is 9.83. The highest BCUT2D eigenvalue weighted by atomic mass is 16.3. The fraction of sp³-hybridized carbons (Fsp3) is 0.800. The molecular formula is C10H18N4O. The van der Waals surface area contributed by atoms with Gasteiger partial charge in [0.1, 0.15) is 11.6 Å². The number of β-amino-alcohol motifs (C(OH)–C–C–N with tert-alkyl or cyclic N) is 1. The number of rotatable bonds is 2. The van der Waals surface area contributed by atoms with E-state index in [1.54, 1.807) is 0 Å². The maximum absolute atomic E-state index is 9.83. The van der Waals surface area contributed by atoms with Crippen molar-refractivity contribution in [3.8, 4) is 0 Å². The monoisotopic (exact) mass is 210 g/mol. The zero-order chi connectivity index (χ0) is 11.1. The number of nitrogens with zero attached hydrogens (tertiary/aromatic N) is 4. The van der Waals surface area contributed by atoms with Gasteiger partial charge in [0.25, 0.3) is 0 Å². The van der Waals surface area contributed by atoms with Gasteiger partial charge in [0.2, 0.25) is 0 Å². The molecule has 5 heteroatoms. The van der Waals surface area contributed by atoms with E-state index in [4.69, 9.17) is 0 Å². The van der Waals surface area contributed by atoms with Crippen LogP contribution in [0.5, 0.6) is 0 Å². The van der Waals surface area contributed by atoms with Gasteiger partial charge in [-0.05, 0) is 20.3 Å². The molecule has 0 radical (unpaired) electrons. The molecule has 1 aromatic heterocycles. The average molecular weight is 210 g/mol. The van der Waals surface area contributed by atoms with Crippen LogP contribution in [-0.4, -0.2) is 43.5 Å². The summed E-state index contributed by atoms with van der Waals surface area (Å²) in [6.45, 7) is 6.25. The fourth-order valence-corrected chi connectivity index (χ4v) is 1.96. The lowest BCUT2D eigenvalue weighted by Gasteiger charge is -2.18. The van der Waals surface area contributed by atoms with Crippen LogP contribution >= 0.6 is 0 Å². The molecule has 0 amide bonds. The largest absolute Gasteiger partial charge is 0.389 e. The minimum atomic E-state index is -0.534. The van der Waals surface area contributed by atoms with Crippen LogP contribution < -0.4 is 0 Å². The summed E-state index contributed by atoms with van der Waals surface area (Å²) in [4.78, 5) is 2.21. The Morgan fingerprint density at radius 3 is 2.67 bits per heavy atom. The van der Waals surface area contributed by atoms with E-state index < -0.39 is 5.60 Å². The number of hydrogen-bond acceptors (Lipinski definition) is 4. The second-order valence-electron chi connectivity index (χ2n) is 4.68. The van der Waals surface area contributed by atoms with Crippen LogP contribution in [-0.2, 0) is 13.6 Å². The van der Waals surface area contributed by atoms with E-state index in [2.05, 4.69) is 15.1 Å². The molecule has 0 aromatic carbocycles. The van der Waals surface area contributed by atoms with Crippen molar-refractivity contribution in [1.29, 1.82) is 0 Å². The average Bonchev–Trinajstić information content (AvgIpc) is 2.63. The number of hydrogen-bond donors (Lipinski definition) is 1. The van der Waals surface area contributed by atoms with Gasteiger partial charge in [0.15, 0.2) is 0 Å². The normalized spacial score (nSPS) is 27.5. The highest BCUT2D eigenvalue weighted by Gasteiger charge is 2.31. The van der Waals surface area contributed by atoms with Crippen LogP contribution in [0.25, 0.3) is 0 Å². The van der Waals surface area contributed by atoms with E-state index in [9.17, 15) is 5.11 Å². The van der Waals surface area contributed by atoms with Crippen LogP contribution in [0.2, 0.25) is 0 Å². The van der Waals surface area contributed by atoms with Crippen molar-refractivity contribution in [2.75, 3.05) is 13.1 Å². The molecule has 0 aliphatic carbocycles. The Balaban J connectivity index is 2.02. The molecule has 1 N–H and O–H groups in total. The third kappa shape index (κ3) is 2.18.